The molecule has 2 aromatic rings. The summed E-state index contributed by atoms with van der Waals surface area (Å²) in [6, 6.07) is 14.9. The number of Topliss-reactive ketones (excluding diaryl/α,β-unsaturated/α-hetero) is 2. The monoisotopic (exact) mass is 423 g/mol. The van der Waals surface area contributed by atoms with Crippen molar-refractivity contribution in [3.05, 3.63) is 54.1 Å². The Morgan fingerprint density at radius 3 is 2.52 bits per heavy atom. The number of fused-ring (bicyclic) bond motifs is 1. The molecule has 0 aliphatic carbocycles. The second-order valence-corrected chi connectivity index (χ2v) is 7.85. The van der Waals surface area contributed by atoms with E-state index in [1.165, 1.54) is 0 Å². The predicted octanol–water partition coefficient (Wildman–Crippen LogP) is 4.14. The molecular weight excluding hydrogens is 394 g/mol. The van der Waals surface area contributed by atoms with E-state index in [9.17, 15) is 14.4 Å². The Morgan fingerprint density at radius 1 is 1.00 bits per heavy atom. The van der Waals surface area contributed by atoms with Crippen LogP contribution in [0.3, 0.4) is 0 Å². The van der Waals surface area contributed by atoms with Gasteiger partial charge in [0.2, 0.25) is 0 Å². The van der Waals surface area contributed by atoms with E-state index in [0.29, 0.717) is 43.9 Å². The Hall–Kier alpha value is -3.15. The molecule has 1 amide bonds. The number of carbonyl (C=O) groups is 3. The second kappa shape index (κ2) is 10.8. The van der Waals surface area contributed by atoms with Crippen LogP contribution in [0.4, 0.5) is 5.69 Å². The minimum absolute atomic E-state index is 0.0684. The fourth-order valence-corrected chi connectivity index (χ4v) is 3.67. The first-order valence-electron chi connectivity index (χ1n) is 10.7. The van der Waals surface area contributed by atoms with E-state index in [1.54, 1.807) is 18.7 Å². The summed E-state index contributed by atoms with van der Waals surface area (Å²) in [6.45, 7) is 3.98. The minimum Gasteiger partial charge on any atom is -0.493 e. The number of anilines is 1. The van der Waals surface area contributed by atoms with Gasteiger partial charge in [0.25, 0.3) is 5.91 Å². The van der Waals surface area contributed by atoms with Gasteiger partial charge in [0.15, 0.2) is 6.10 Å². The highest BCUT2D eigenvalue weighted by Gasteiger charge is 2.33. The highest BCUT2D eigenvalue weighted by Crippen LogP contribution is 2.34. The van der Waals surface area contributed by atoms with Gasteiger partial charge >= 0.3 is 0 Å². The van der Waals surface area contributed by atoms with E-state index in [1.807, 2.05) is 48.5 Å². The van der Waals surface area contributed by atoms with Crippen LogP contribution in [0.2, 0.25) is 0 Å². The number of rotatable bonds is 11. The summed E-state index contributed by atoms with van der Waals surface area (Å²) >= 11 is 0. The number of unbranched alkanes of at least 4 members (excludes halogenated alkanes) is 1. The molecule has 0 radical (unpaired) electrons. The van der Waals surface area contributed by atoms with Gasteiger partial charge in [-0.25, -0.2) is 0 Å². The summed E-state index contributed by atoms with van der Waals surface area (Å²) in [4.78, 5) is 37.5. The van der Waals surface area contributed by atoms with Crippen molar-refractivity contribution in [2.45, 2.75) is 52.1 Å². The van der Waals surface area contributed by atoms with Crippen LogP contribution in [0.15, 0.2) is 48.5 Å². The van der Waals surface area contributed by atoms with Gasteiger partial charge in [-0.05, 0) is 44.9 Å². The van der Waals surface area contributed by atoms with Crippen LogP contribution in [0.1, 0.15) is 45.1 Å². The largest absolute Gasteiger partial charge is 0.493 e. The first-order chi connectivity index (χ1) is 15.0. The molecule has 6 heteroatoms. The van der Waals surface area contributed by atoms with E-state index in [2.05, 4.69) is 0 Å². The predicted molar refractivity (Wildman–Crippen MR) is 119 cm³/mol. The number of nitrogens with zero attached hydrogens (tertiary/aromatic N) is 1. The van der Waals surface area contributed by atoms with Gasteiger partial charge in [0.1, 0.15) is 23.1 Å². The van der Waals surface area contributed by atoms with Crippen molar-refractivity contribution in [3.63, 3.8) is 0 Å². The summed E-state index contributed by atoms with van der Waals surface area (Å²) < 4.78 is 11.9. The van der Waals surface area contributed by atoms with Gasteiger partial charge < -0.3 is 19.2 Å². The number of hydrogen-bond acceptors (Lipinski definition) is 5. The molecule has 0 saturated heterocycles. The Balaban J connectivity index is 1.63. The third-order valence-electron chi connectivity index (χ3n) is 5.18. The Kier molecular flexibility index (Phi) is 7.82. The maximum absolute atomic E-state index is 13.1. The van der Waals surface area contributed by atoms with E-state index in [4.69, 9.17) is 9.47 Å². The van der Waals surface area contributed by atoms with Gasteiger partial charge in [-0.1, -0.05) is 30.3 Å². The standard InChI is InChI=1S/C25H29NO5/c1-18(27)9-7-8-15-26-21-11-4-6-13-23(21)31-24(25(26)29)14-16-30-22-12-5-3-10-20(22)17-19(2)28/h3-6,10-13,24H,7-9,14-17H2,1-2H3. The average Bonchev–Trinajstić information content (AvgIpc) is 2.73. The molecule has 0 N–H and O–H groups in total. The molecule has 3 rings (SSSR count). The van der Waals surface area contributed by atoms with Crippen LogP contribution >= 0.6 is 0 Å². The minimum atomic E-state index is -0.636. The van der Waals surface area contributed by atoms with Gasteiger partial charge in [-0.15, -0.1) is 0 Å². The number of carbonyl (C=O) groups excluding carboxylic acids is 3. The number of para-hydroxylation sites is 3. The van der Waals surface area contributed by atoms with Crippen LogP contribution < -0.4 is 14.4 Å². The summed E-state index contributed by atoms with van der Waals surface area (Å²) in [5, 5.41) is 0. The van der Waals surface area contributed by atoms with E-state index >= 15 is 0 Å². The van der Waals surface area contributed by atoms with Crippen molar-refractivity contribution < 1.29 is 23.9 Å². The van der Waals surface area contributed by atoms with Crippen LogP contribution in [0, 0.1) is 0 Å². The van der Waals surface area contributed by atoms with Crippen molar-refractivity contribution in [2.24, 2.45) is 0 Å². The van der Waals surface area contributed by atoms with Gasteiger partial charge in [-0.2, -0.15) is 0 Å². The summed E-state index contributed by atoms with van der Waals surface area (Å²) in [5.41, 5.74) is 1.60. The van der Waals surface area contributed by atoms with Gasteiger partial charge in [0.05, 0.1) is 12.3 Å². The van der Waals surface area contributed by atoms with Crippen LogP contribution in [0.25, 0.3) is 0 Å². The summed E-state index contributed by atoms with van der Waals surface area (Å²) in [6.07, 6.45) is 2.10. The second-order valence-electron chi connectivity index (χ2n) is 7.85. The number of hydrogen-bond donors (Lipinski definition) is 0. The Labute approximate surface area is 183 Å². The SMILES string of the molecule is CC(=O)CCCCN1C(=O)C(CCOc2ccccc2CC(C)=O)Oc2ccccc21. The highest BCUT2D eigenvalue weighted by atomic mass is 16.5. The molecule has 1 atom stereocenters. The number of ketones is 2. The number of ether oxygens (including phenoxy) is 2. The van der Waals surface area contributed by atoms with Crippen molar-refractivity contribution in [3.8, 4) is 11.5 Å². The first kappa shape index (κ1) is 22.5. The molecule has 0 fully saturated rings. The Morgan fingerprint density at radius 2 is 1.74 bits per heavy atom. The highest BCUT2D eigenvalue weighted by molar-refractivity contribution is 6.00. The lowest BCUT2D eigenvalue weighted by Gasteiger charge is -2.34. The Bertz CT molecular complexity index is 939. The van der Waals surface area contributed by atoms with E-state index < -0.39 is 6.10 Å². The molecule has 2 aromatic carbocycles. The molecule has 0 saturated carbocycles. The normalized spacial score (nSPS) is 15.2. The summed E-state index contributed by atoms with van der Waals surface area (Å²) in [5.74, 6) is 1.47. The molecule has 6 nitrogen and oxygen atoms in total. The zero-order valence-corrected chi connectivity index (χ0v) is 18.1. The molecule has 1 heterocycles. The first-order valence-corrected chi connectivity index (χ1v) is 10.7. The molecular formula is C25H29NO5. The smallest absolute Gasteiger partial charge is 0.268 e. The lowest BCUT2D eigenvalue weighted by molar-refractivity contribution is -0.127. The maximum atomic E-state index is 13.1. The molecule has 0 spiro atoms. The molecule has 0 bridgehead atoms. The molecule has 1 unspecified atom stereocenters. The molecule has 1 aliphatic heterocycles. The third-order valence-corrected chi connectivity index (χ3v) is 5.18. The van der Waals surface area contributed by atoms with Crippen molar-refractivity contribution in [2.75, 3.05) is 18.1 Å². The lowest BCUT2D eigenvalue weighted by Crippen LogP contribution is -2.47. The quantitative estimate of drug-likeness (QED) is 0.508. The van der Waals surface area contributed by atoms with Crippen LogP contribution in [-0.2, 0) is 20.8 Å². The average molecular weight is 424 g/mol. The fraction of sp³-hybridized carbons (Fsp3) is 0.400. The molecule has 0 aromatic heterocycles. The van der Waals surface area contributed by atoms with Crippen molar-refractivity contribution in [1.29, 1.82) is 0 Å². The van der Waals surface area contributed by atoms with Gasteiger partial charge in [0, 0.05) is 31.4 Å². The summed E-state index contributed by atoms with van der Waals surface area (Å²) in [7, 11) is 0. The van der Waals surface area contributed by atoms with E-state index in [0.717, 1.165) is 24.1 Å². The van der Waals surface area contributed by atoms with Crippen LogP contribution in [-0.4, -0.2) is 36.7 Å². The van der Waals surface area contributed by atoms with Crippen molar-refractivity contribution >= 4 is 23.2 Å². The number of benzene rings is 2. The number of amides is 1. The zero-order chi connectivity index (χ0) is 22.2. The molecule has 1 aliphatic rings. The molecule has 164 valence electrons. The fourth-order valence-electron chi connectivity index (χ4n) is 3.67. The van der Waals surface area contributed by atoms with Crippen molar-refractivity contribution in [1.82, 2.24) is 0 Å². The van der Waals surface area contributed by atoms with Gasteiger partial charge in [-0.3, -0.25) is 9.59 Å². The topological polar surface area (TPSA) is 72.9 Å². The third kappa shape index (κ3) is 6.17. The van der Waals surface area contributed by atoms with E-state index in [-0.39, 0.29) is 17.5 Å². The maximum Gasteiger partial charge on any atom is 0.268 e. The lowest BCUT2D eigenvalue weighted by atomic mass is 10.1. The van der Waals surface area contributed by atoms with Crippen LogP contribution in [0.5, 0.6) is 11.5 Å². The zero-order valence-electron chi connectivity index (χ0n) is 18.1. The molecule has 31 heavy (non-hydrogen) atoms.